The zero-order valence-corrected chi connectivity index (χ0v) is 40.6. The van der Waals surface area contributed by atoms with E-state index in [1.165, 1.54) is 6.92 Å². The molecule has 0 aliphatic carbocycles. The van der Waals surface area contributed by atoms with Crippen LogP contribution in [0, 0.1) is 17.8 Å². The van der Waals surface area contributed by atoms with Crippen LogP contribution in [-0.2, 0) is 60.8 Å². The Kier molecular flexibility index (Phi) is 24.7. The molecule has 22 nitrogen and oxygen atoms in total. The molecule has 0 bridgehead atoms. The van der Waals surface area contributed by atoms with Crippen LogP contribution in [0.2, 0.25) is 0 Å². The summed E-state index contributed by atoms with van der Waals surface area (Å²) >= 11 is 0. The minimum absolute atomic E-state index is 0.0820. The van der Waals surface area contributed by atoms with Crippen molar-refractivity contribution in [3.8, 4) is 0 Å². The van der Waals surface area contributed by atoms with Crippen molar-refractivity contribution in [1.82, 2.24) is 37.2 Å². The molecule has 0 spiro atoms. The highest BCUT2D eigenvalue weighted by Crippen LogP contribution is 2.13. The first kappa shape index (κ1) is 59.2. The third-order valence-corrected chi connectivity index (χ3v) is 11.0. The molecule has 0 radical (unpaired) electrons. The first-order valence-electron chi connectivity index (χ1n) is 23.1. The normalized spacial score (nSPS) is 15.1. The lowest BCUT2D eigenvalue weighted by atomic mass is 9.97. The quantitative estimate of drug-likeness (QED) is 0.0480. The second-order valence-corrected chi connectivity index (χ2v) is 18.3. The number of nitrogens with one attached hydrogen (secondary N) is 7. The topological polar surface area (TPSA) is 362 Å². The Morgan fingerprint density at radius 3 is 1.40 bits per heavy atom. The van der Waals surface area contributed by atoms with Gasteiger partial charge in [-0.25, -0.2) is 4.79 Å². The SMILES string of the molecule is CC(C)C[C@H](NC(=O)[C@@H](NC(=O)[C@@H](N)CCC(=O)O)C(C)C)C(=O)N[C@@H](Cc1ccccc1)[C@@H](O)C(=O)N[C@@H](C)C(=O)N[C@H](C(=O)N[C@@H](CCC(=O)O)C(=O)N[C@@H](Cc1ccccc1)C(=O)O)C(C)C. The standard InChI is InChI=1S/C48H70N8O14/c1-25(2)22-34(53-46(67)39(27(5)6)56-42(63)31(49)18-20-36(57)58)44(65)52-33(23-29-14-10-8-11-15-29)40(61)47(68)50-28(7)41(62)55-38(26(3)4)45(66)51-32(19-21-37(59)60)43(64)54-35(48(69)70)24-30-16-12-9-13-17-30/h8-17,25-28,31-35,38-40,61H,18-24,49H2,1-7H3,(H,50,68)(H,51,66)(H,52,65)(H,53,67)(H,54,64)(H,55,62)(H,56,63)(H,57,58)(H,59,60)(H,69,70)/t28-,31-,32-,33-,34-,35-,38-,39-,40+/m0/s1. The fraction of sp³-hybridized carbons (Fsp3) is 0.542. The molecule has 2 aromatic carbocycles. The van der Waals surface area contributed by atoms with E-state index in [9.17, 15) is 63.3 Å². The van der Waals surface area contributed by atoms with Gasteiger partial charge in [-0.2, -0.15) is 0 Å². The molecule has 70 heavy (non-hydrogen) atoms. The van der Waals surface area contributed by atoms with Gasteiger partial charge >= 0.3 is 17.9 Å². The number of hydrogen-bond donors (Lipinski definition) is 12. The zero-order chi connectivity index (χ0) is 52.8. The van der Waals surface area contributed by atoms with Gasteiger partial charge in [0.1, 0.15) is 36.3 Å². The predicted octanol–water partition coefficient (Wildman–Crippen LogP) is -0.254. The molecule has 13 N–H and O–H groups in total. The van der Waals surface area contributed by atoms with Crippen molar-refractivity contribution in [2.24, 2.45) is 23.5 Å². The van der Waals surface area contributed by atoms with E-state index in [1.54, 1.807) is 102 Å². The first-order valence-corrected chi connectivity index (χ1v) is 23.1. The van der Waals surface area contributed by atoms with Gasteiger partial charge in [0, 0.05) is 19.3 Å². The highest BCUT2D eigenvalue weighted by Gasteiger charge is 2.36. The summed E-state index contributed by atoms with van der Waals surface area (Å²) in [4.78, 5) is 129. The maximum absolute atomic E-state index is 14.0. The average Bonchev–Trinajstić information content (AvgIpc) is 3.29. The lowest BCUT2D eigenvalue weighted by Gasteiger charge is -2.30. The molecule has 0 aromatic heterocycles. The van der Waals surface area contributed by atoms with Crippen molar-refractivity contribution in [2.45, 2.75) is 148 Å². The van der Waals surface area contributed by atoms with E-state index in [-0.39, 0.29) is 38.0 Å². The first-order chi connectivity index (χ1) is 32.8. The summed E-state index contributed by atoms with van der Waals surface area (Å²) in [6.07, 6.45) is -3.70. The predicted molar refractivity (Wildman–Crippen MR) is 254 cm³/mol. The Morgan fingerprint density at radius 2 is 0.929 bits per heavy atom. The van der Waals surface area contributed by atoms with E-state index in [4.69, 9.17) is 10.8 Å². The summed E-state index contributed by atoms with van der Waals surface area (Å²) in [5, 5.41) is 57.2. The molecule has 9 atom stereocenters. The second kappa shape index (κ2) is 29.2. The number of carboxylic acids is 3. The van der Waals surface area contributed by atoms with Crippen LogP contribution in [-0.4, -0.2) is 134 Å². The number of carbonyl (C=O) groups excluding carboxylic acids is 7. The largest absolute Gasteiger partial charge is 0.481 e. The number of hydrogen-bond acceptors (Lipinski definition) is 12. The summed E-state index contributed by atoms with van der Waals surface area (Å²) in [6.45, 7) is 11.3. The summed E-state index contributed by atoms with van der Waals surface area (Å²) < 4.78 is 0. The van der Waals surface area contributed by atoms with Crippen molar-refractivity contribution < 1.29 is 68.4 Å². The Labute approximate surface area is 407 Å². The molecular formula is C48H70N8O14. The maximum Gasteiger partial charge on any atom is 0.326 e. The van der Waals surface area contributed by atoms with Gasteiger partial charge in [0.2, 0.25) is 35.4 Å². The van der Waals surface area contributed by atoms with Crippen LogP contribution in [0.25, 0.3) is 0 Å². The molecule has 22 heteroatoms. The maximum atomic E-state index is 14.0. The summed E-state index contributed by atoms with van der Waals surface area (Å²) in [6, 6.07) is 6.16. The molecule has 0 fully saturated rings. The summed E-state index contributed by atoms with van der Waals surface area (Å²) in [5.41, 5.74) is 7.04. The lowest BCUT2D eigenvalue weighted by molar-refractivity contribution is -0.143. The van der Waals surface area contributed by atoms with E-state index < -0.39 is 138 Å². The number of benzene rings is 2. The van der Waals surface area contributed by atoms with E-state index in [0.717, 1.165) is 0 Å². The average molecular weight is 983 g/mol. The lowest BCUT2D eigenvalue weighted by Crippen LogP contribution is -2.61. The number of amides is 7. The molecule has 0 saturated carbocycles. The molecule has 0 saturated heterocycles. The Hall–Kier alpha value is -6.94. The Bertz CT molecular complexity index is 2110. The molecule has 0 heterocycles. The van der Waals surface area contributed by atoms with Crippen LogP contribution >= 0.6 is 0 Å². The number of aliphatic carboxylic acids is 3. The number of aliphatic hydroxyl groups is 1. The van der Waals surface area contributed by atoms with Gasteiger partial charge in [-0.1, -0.05) is 102 Å². The van der Waals surface area contributed by atoms with Crippen LogP contribution in [0.3, 0.4) is 0 Å². The van der Waals surface area contributed by atoms with Crippen LogP contribution in [0.15, 0.2) is 60.7 Å². The number of rotatable bonds is 30. The van der Waals surface area contributed by atoms with E-state index >= 15 is 0 Å². The van der Waals surface area contributed by atoms with E-state index in [0.29, 0.717) is 11.1 Å². The van der Waals surface area contributed by atoms with Gasteiger partial charge in [-0.15, -0.1) is 0 Å². The van der Waals surface area contributed by atoms with Gasteiger partial charge in [0.25, 0.3) is 5.91 Å². The number of carbonyl (C=O) groups is 10. The molecule has 386 valence electrons. The van der Waals surface area contributed by atoms with Crippen molar-refractivity contribution >= 4 is 59.3 Å². The fourth-order valence-corrected chi connectivity index (χ4v) is 7.04. The van der Waals surface area contributed by atoms with Gasteiger partial charge in [0.05, 0.1) is 12.1 Å². The minimum atomic E-state index is -2.00. The van der Waals surface area contributed by atoms with Crippen molar-refractivity contribution in [1.29, 1.82) is 0 Å². The van der Waals surface area contributed by atoms with Gasteiger partial charge in [-0.05, 0) is 61.5 Å². The molecular weight excluding hydrogens is 913 g/mol. The highest BCUT2D eigenvalue weighted by atomic mass is 16.4. The molecule has 2 rings (SSSR count). The number of aliphatic hydroxyl groups excluding tert-OH is 1. The van der Waals surface area contributed by atoms with E-state index in [2.05, 4.69) is 37.2 Å². The molecule has 0 unspecified atom stereocenters. The van der Waals surface area contributed by atoms with Crippen LogP contribution in [0.1, 0.15) is 91.7 Å². The second-order valence-electron chi connectivity index (χ2n) is 18.3. The summed E-state index contributed by atoms with van der Waals surface area (Å²) in [7, 11) is 0. The molecule has 0 aliphatic rings. The third-order valence-electron chi connectivity index (χ3n) is 11.0. The van der Waals surface area contributed by atoms with Crippen LogP contribution in [0.4, 0.5) is 0 Å². The number of carboxylic acid groups (broad SMARTS) is 3. The Morgan fingerprint density at radius 1 is 0.486 bits per heavy atom. The van der Waals surface area contributed by atoms with Crippen molar-refractivity contribution in [3.63, 3.8) is 0 Å². The summed E-state index contributed by atoms with van der Waals surface area (Å²) in [5.74, 6) is -11.4. The fourth-order valence-electron chi connectivity index (χ4n) is 7.04. The number of nitrogens with two attached hydrogens (primary N) is 1. The monoisotopic (exact) mass is 983 g/mol. The smallest absolute Gasteiger partial charge is 0.326 e. The molecule has 2 aromatic rings. The van der Waals surface area contributed by atoms with Crippen LogP contribution < -0.4 is 43.0 Å². The van der Waals surface area contributed by atoms with Gasteiger partial charge in [0.15, 0.2) is 6.10 Å². The molecule has 0 aliphatic heterocycles. The van der Waals surface area contributed by atoms with Gasteiger partial charge in [-0.3, -0.25) is 43.2 Å². The third kappa shape index (κ3) is 20.7. The van der Waals surface area contributed by atoms with Crippen molar-refractivity contribution in [2.75, 3.05) is 0 Å². The highest BCUT2D eigenvalue weighted by molar-refractivity contribution is 5.96. The minimum Gasteiger partial charge on any atom is -0.481 e. The molecule has 7 amide bonds. The Balaban J connectivity index is 2.28. The van der Waals surface area contributed by atoms with Crippen molar-refractivity contribution in [3.05, 3.63) is 71.8 Å². The van der Waals surface area contributed by atoms with E-state index in [1.807, 2.05) is 0 Å². The van der Waals surface area contributed by atoms with Crippen LogP contribution in [0.5, 0.6) is 0 Å². The zero-order valence-electron chi connectivity index (χ0n) is 40.6. The van der Waals surface area contributed by atoms with Gasteiger partial charge < -0.3 is 63.4 Å².